The molecule has 3 N–H and O–H groups in total. The minimum Gasteiger partial charge on any atom is -0.505 e. The van der Waals surface area contributed by atoms with Crippen LogP contribution in [0, 0.1) is 0 Å². The molecule has 33 heavy (non-hydrogen) atoms. The Balaban J connectivity index is 0.000000973. The lowest BCUT2D eigenvalue weighted by molar-refractivity contribution is -0.119. The Bertz CT molecular complexity index is 672. The Morgan fingerprint density at radius 2 is 1.24 bits per heavy atom. The molecular formula is C25H37F3N2O3. The SMILES string of the molecule is C=C(O)C(F)(F)F.CC.NCCOCCOCCN(Cc1ccccc1)Cc1ccccc1. The second-order valence-electron chi connectivity index (χ2n) is 6.64. The molecule has 0 saturated carbocycles. The van der Waals surface area contributed by atoms with E-state index in [1.807, 2.05) is 13.8 Å². The molecule has 0 heterocycles. The number of nitrogens with two attached hydrogens (primary N) is 1. The van der Waals surface area contributed by atoms with Gasteiger partial charge in [0.05, 0.1) is 26.4 Å². The molecule has 2 aromatic carbocycles. The van der Waals surface area contributed by atoms with Crippen LogP contribution >= 0.6 is 0 Å². The predicted octanol–water partition coefficient (Wildman–Crippen LogP) is 5.33. The zero-order chi connectivity index (χ0) is 25.0. The fourth-order valence-corrected chi connectivity index (χ4v) is 2.50. The van der Waals surface area contributed by atoms with Crippen molar-refractivity contribution in [3.05, 3.63) is 84.1 Å². The number of hydrogen-bond donors (Lipinski definition) is 2. The van der Waals surface area contributed by atoms with Gasteiger partial charge in [-0.15, -0.1) is 0 Å². The van der Waals surface area contributed by atoms with Crippen LogP contribution in [-0.2, 0) is 22.6 Å². The largest absolute Gasteiger partial charge is 0.505 e. The number of aliphatic hydroxyl groups excluding tert-OH is 1. The first-order valence-corrected chi connectivity index (χ1v) is 10.9. The second-order valence-corrected chi connectivity index (χ2v) is 6.64. The van der Waals surface area contributed by atoms with Crippen molar-refractivity contribution in [2.75, 3.05) is 39.5 Å². The van der Waals surface area contributed by atoms with Crippen molar-refractivity contribution >= 4 is 0 Å². The van der Waals surface area contributed by atoms with E-state index in [4.69, 9.17) is 20.3 Å². The van der Waals surface area contributed by atoms with E-state index in [1.165, 1.54) is 11.1 Å². The number of halogens is 3. The number of nitrogens with zero attached hydrogens (tertiary/aromatic N) is 1. The van der Waals surface area contributed by atoms with Gasteiger partial charge in [-0.1, -0.05) is 81.1 Å². The molecule has 0 unspecified atom stereocenters. The molecule has 0 fully saturated rings. The smallest absolute Gasteiger partial charge is 0.448 e. The van der Waals surface area contributed by atoms with E-state index in [2.05, 4.69) is 72.1 Å². The van der Waals surface area contributed by atoms with Crippen LogP contribution in [0.2, 0.25) is 0 Å². The number of aliphatic hydroxyl groups is 1. The van der Waals surface area contributed by atoms with Gasteiger partial charge in [0.1, 0.15) is 0 Å². The van der Waals surface area contributed by atoms with E-state index in [-0.39, 0.29) is 0 Å². The maximum Gasteiger partial charge on any atom is 0.448 e. The standard InChI is InChI=1S/C20H28N2O2.C3H3F3O.C2H6/c21-11-13-23-15-16-24-14-12-22(17-19-7-3-1-4-8-19)18-20-9-5-2-6-10-20;1-2(7)3(4,5)6;1-2/h1-10H,11-18,21H2;7H,1H2;1-2H3. The molecule has 0 aliphatic rings. The third kappa shape index (κ3) is 16.8. The number of ether oxygens (including phenoxy) is 2. The predicted molar refractivity (Wildman–Crippen MR) is 127 cm³/mol. The Morgan fingerprint density at radius 3 is 1.61 bits per heavy atom. The highest BCUT2D eigenvalue weighted by atomic mass is 19.4. The molecule has 0 aromatic heterocycles. The monoisotopic (exact) mass is 470 g/mol. The van der Waals surface area contributed by atoms with Crippen molar-refractivity contribution in [2.45, 2.75) is 33.1 Å². The fourth-order valence-electron chi connectivity index (χ4n) is 2.50. The second kappa shape index (κ2) is 19.1. The van der Waals surface area contributed by atoms with Gasteiger partial charge in [0, 0.05) is 26.2 Å². The molecule has 0 saturated heterocycles. The molecule has 2 aromatic rings. The van der Waals surface area contributed by atoms with E-state index >= 15 is 0 Å². The molecule has 8 heteroatoms. The Hall–Kier alpha value is -2.39. The first-order valence-electron chi connectivity index (χ1n) is 10.9. The molecule has 0 amide bonds. The molecule has 0 aliphatic carbocycles. The number of alkyl halides is 3. The Kier molecular flexibility index (Phi) is 17.7. The van der Waals surface area contributed by atoms with Crippen molar-refractivity contribution in [3.63, 3.8) is 0 Å². The summed E-state index contributed by atoms with van der Waals surface area (Å²) in [6.45, 7) is 12.1. The first kappa shape index (κ1) is 30.6. The van der Waals surface area contributed by atoms with Crippen LogP contribution in [0.1, 0.15) is 25.0 Å². The topological polar surface area (TPSA) is 68.0 Å². The van der Waals surface area contributed by atoms with Crippen molar-refractivity contribution in [3.8, 4) is 0 Å². The zero-order valence-electron chi connectivity index (χ0n) is 19.6. The van der Waals surface area contributed by atoms with Crippen LogP contribution in [0.5, 0.6) is 0 Å². The van der Waals surface area contributed by atoms with Gasteiger partial charge in [-0.25, -0.2) is 0 Å². The molecule has 0 spiro atoms. The summed E-state index contributed by atoms with van der Waals surface area (Å²) in [4.78, 5) is 2.41. The van der Waals surface area contributed by atoms with Crippen LogP contribution in [0.25, 0.3) is 0 Å². The minimum atomic E-state index is -4.64. The molecule has 0 atom stereocenters. The van der Waals surface area contributed by atoms with Crippen molar-refractivity contribution in [1.82, 2.24) is 4.90 Å². The fraction of sp³-hybridized carbons (Fsp3) is 0.440. The van der Waals surface area contributed by atoms with Crippen molar-refractivity contribution < 1.29 is 27.8 Å². The van der Waals surface area contributed by atoms with E-state index < -0.39 is 11.9 Å². The molecular weight excluding hydrogens is 433 g/mol. The van der Waals surface area contributed by atoms with E-state index in [0.29, 0.717) is 33.0 Å². The van der Waals surface area contributed by atoms with Crippen LogP contribution in [-0.4, -0.2) is 55.7 Å². The van der Waals surface area contributed by atoms with Gasteiger partial charge in [-0.2, -0.15) is 13.2 Å². The maximum atomic E-state index is 10.8. The van der Waals surface area contributed by atoms with Gasteiger partial charge >= 0.3 is 6.18 Å². The zero-order valence-corrected chi connectivity index (χ0v) is 19.6. The van der Waals surface area contributed by atoms with Crippen molar-refractivity contribution in [1.29, 1.82) is 0 Å². The lowest BCUT2D eigenvalue weighted by Gasteiger charge is -2.22. The van der Waals surface area contributed by atoms with Gasteiger partial charge in [0.25, 0.3) is 0 Å². The summed E-state index contributed by atoms with van der Waals surface area (Å²) in [5.74, 6) is -1.76. The molecule has 0 radical (unpaired) electrons. The number of allylic oxidation sites excluding steroid dienone is 1. The summed E-state index contributed by atoms with van der Waals surface area (Å²) in [6, 6.07) is 21.1. The van der Waals surface area contributed by atoms with Crippen LogP contribution < -0.4 is 5.73 Å². The third-order valence-electron chi connectivity index (χ3n) is 4.01. The van der Waals surface area contributed by atoms with Gasteiger partial charge in [-0.3, -0.25) is 4.90 Å². The summed E-state index contributed by atoms with van der Waals surface area (Å²) in [6.07, 6.45) is -4.64. The van der Waals surface area contributed by atoms with Crippen LogP contribution in [0.3, 0.4) is 0 Å². The quantitative estimate of drug-likeness (QED) is 0.324. The number of benzene rings is 2. The highest BCUT2D eigenvalue weighted by Gasteiger charge is 2.31. The number of hydrogen-bond acceptors (Lipinski definition) is 5. The number of rotatable bonds is 12. The van der Waals surface area contributed by atoms with Gasteiger partial charge in [0.15, 0.2) is 5.76 Å². The summed E-state index contributed by atoms with van der Waals surface area (Å²) < 4.78 is 43.5. The summed E-state index contributed by atoms with van der Waals surface area (Å²) in [5, 5.41) is 7.57. The lowest BCUT2D eigenvalue weighted by Crippen LogP contribution is -2.27. The highest BCUT2D eigenvalue weighted by Crippen LogP contribution is 2.20. The average Bonchev–Trinajstić information content (AvgIpc) is 2.81. The lowest BCUT2D eigenvalue weighted by atomic mass is 10.1. The Labute approximate surface area is 195 Å². The molecule has 2 rings (SSSR count). The summed E-state index contributed by atoms with van der Waals surface area (Å²) in [7, 11) is 0. The molecule has 0 aliphatic heterocycles. The van der Waals surface area contributed by atoms with Crippen LogP contribution in [0.15, 0.2) is 73.0 Å². The van der Waals surface area contributed by atoms with Gasteiger partial charge in [-0.05, 0) is 11.1 Å². The van der Waals surface area contributed by atoms with E-state index in [1.54, 1.807) is 0 Å². The average molecular weight is 471 g/mol. The first-order chi connectivity index (χ1) is 15.8. The molecule has 0 bridgehead atoms. The molecule has 186 valence electrons. The Morgan fingerprint density at radius 1 is 0.848 bits per heavy atom. The van der Waals surface area contributed by atoms with Crippen molar-refractivity contribution in [2.24, 2.45) is 5.73 Å². The third-order valence-corrected chi connectivity index (χ3v) is 4.01. The normalized spacial score (nSPS) is 10.6. The van der Waals surface area contributed by atoms with E-state index in [0.717, 1.165) is 19.6 Å². The van der Waals surface area contributed by atoms with Gasteiger partial charge in [0.2, 0.25) is 0 Å². The van der Waals surface area contributed by atoms with Gasteiger partial charge < -0.3 is 20.3 Å². The molecule has 5 nitrogen and oxygen atoms in total. The summed E-state index contributed by atoms with van der Waals surface area (Å²) in [5.41, 5.74) is 8.02. The highest BCUT2D eigenvalue weighted by molar-refractivity contribution is 5.17. The summed E-state index contributed by atoms with van der Waals surface area (Å²) >= 11 is 0. The minimum absolute atomic E-state index is 0.557. The van der Waals surface area contributed by atoms with E-state index in [9.17, 15) is 13.2 Å². The van der Waals surface area contributed by atoms with Crippen LogP contribution in [0.4, 0.5) is 13.2 Å². The maximum absolute atomic E-state index is 10.8.